The van der Waals surface area contributed by atoms with Crippen molar-refractivity contribution in [1.82, 2.24) is 14.9 Å². The number of aromatic nitrogens is 2. The molecule has 160 valence electrons. The average molecular weight is 416 g/mol. The molecule has 0 unspecified atom stereocenters. The van der Waals surface area contributed by atoms with Gasteiger partial charge in [0.2, 0.25) is 0 Å². The highest BCUT2D eigenvalue weighted by Crippen LogP contribution is 2.25. The van der Waals surface area contributed by atoms with Gasteiger partial charge in [-0.05, 0) is 49.4 Å². The van der Waals surface area contributed by atoms with E-state index in [1.165, 1.54) is 23.7 Å². The molecule has 4 rings (SSSR count). The van der Waals surface area contributed by atoms with E-state index in [9.17, 15) is 0 Å². The summed E-state index contributed by atoms with van der Waals surface area (Å²) < 4.78 is 0. The van der Waals surface area contributed by atoms with E-state index < -0.39 is 0 Å². The molecule has 0 spiro atoms. The summed E-state index contributed by atoms with van der Waals surface area (Å²) in [5, 5.41) is 10.9. The first kappa shape index (κ1) is 20.8. The zero-order chi connectivity index (χ0) is 21.8. The highest BCUT2D eigenvalue weighted by molar-refractivity contribution is 6.08. The number of hydrogen-bond acceptors (Lipinski definition) is 7. The van der Waals surface area contributed by atoms with Gasteiger partial charge < -0.3 is 26.3 Å². The fourth-order valence-corrected chi connectivity index (χ4v) is 3.85. The van der Waals surface area contributed by atoms with Gasteiger partial charge in [-0.2, -0.15) is 0 Å². The maximum atomic E-state index is 7.46. The van der Waals surface area contributed by atoms with Crippen LogP contribution in [0.25, 0.3) is 16.6 Å². The van der Waals surface area contributed by atoms with E-state index in [2.05, 4.69) is 58.3 Å². The molecule has 0 amide bonds. The van der Waals surface area contributed by atoms with Gasteiger partial charge in [0.05, 0.1) is 23.3 Å². The van der Waals surface area contributed by atoms with Gasteiger partial charge in [0.1, 0.15) is 5.82 Å². The number of nitrogens with two attached hydrogens (primary N) is 1. The van der Waals surface area contributed by atoms with Gasteiger partial charge in [-0.25, -0.2) is 4.98 Å². The van der Waals surface area contributed by atoms with Crippen molar-refractivity contribution in [3.8, 4) is 0 Å². The van der Waals surface area contributed by atoms with Crippen LogP contribution < -0.4 is 16.0 Å². The Morgan fingerprint density at radius 1 is 1.13 bits per heavy atom. The van der Waals surface area contributed by atoms with Crippen molar-refractivity contribution in [1.29, 1.82) is 5.41 Å². The number of nitrogens with one attached hydrogen (secondary N) is 2. The van der Waals surface area contributed by atoms with Crippen LogP contribution in [0.1, 0.15) is 24.1 Å². The molecule has 2 heterocycles. The summed E-state index contributed by atoms with van der Waals surface area (Å²) in [6.45, 7) is 6.43. The Labute approximate surface area is 183 Å². The van der Waals surface area contributed by atoms with E-state index >= 15 is 0 Å². The molecule has 4 N–H and O–H groups in total. The standard InChI is InChI=1S/C24H29N7/c1-17(18-4-3-5-21(12-18)31-10-8-30(2)9-11-31)28-24-16-27-23-13-19(20(14-25)15-26)6-7-22(23)29-24/h3-7,12-17,25H,8-11,26H2,1-2H3,(H,28,29)/b20-15+,25-14?/t17-/m1/s1. The number of hydrogen-bond donors (Lipinski definition) is 3. The lowest BCUT2D eigenvalue weighted by molar-refractivity contribution is 0.313. The van der Waals surface area contributed by atoms with Gasteiger partial charge in [-0.3, -0.25) is 4.98 Å². The van der Waals surface area contributed by atoms with Gasteiger partial charge in [0.25, 0.3) is 0 Å². The second-order valence-corrected chi connectivity index (χ2v) is 7.98. The summed E-state index contributed by atoms with van der Waals surface area (Å²) in [6.07, 6.45) is 4.42. The number of benzene rings is 2. The molecule has 3 aromatic rings. The van der Waals surface area contributed by atoms with Gasteiger partial charge in [0, 0.05) is 49.9 Å². The number of likely N-dealkylation sites (N-methyl/N-ethyl adjacent to an activating group) is 1. The zero-order valence-electron chi connectivity index (χ0n) is 18.0. The van der Waals surface area contributed by atoms with Crippen molar-refractivity contribution in [2.75, 3.05) is 43.4 Å². The monoisotopic (exact) mass is 415 g/mol. The Balaban J connectivity index is 1.50. The van der Waals surface area contributed by atoms with E-state index in [-0.39, 0.29) is 6.04 Å². The number of allylic oxidation sites excluding steroid dienone is 1. The van der Waals surface area contributed by atoms with Crippen molar-refractivity contribution >= 4 is 34.3 Å². The van der Waals surface area contributed by atoms with Crippen molar-refractivity contribution in [2.24, 2.45) is 5.73 Å². The van der Waals surface area contributed by atoms with Gasteiger partial charge in [0.15, 0.2) is 0 Å². The van der Waals surface area contributed by atoms with E-state index in [0.717, 1.165) is 48.6 Å². The molecule has 1 fully saturated rings. The van der Waals surface area contributed by atoms with Gasteiger partial charge in [-0.15, -0.1) is 0 Å². The normalized spacial score (nSPS) is 16.3. The van der Waals surface area contributed by atoms with Crippen LogP contribution in [0.5, 0.6) is 0 Å². The van der Waals surface area contributed by atoms with Crippen molar-refractivity contribution in [2.45, 2.75) is 13.0 Å². The lowest BCUT2D eigenvalue weighted by Gasteiger charge is -2.34. The molecular weight excluding hydrogens is 386 g/mol. The highest BCUT2D eigenvalue weighted by Gasteiger charge is 2.16. The van der Waals surface area contributed by atoms with Crippen LogP contribution in [0, 0.1) is 5.41 Å². The zero-order valence-corrected chi connectivity index (χ0v) is 18.0. The lowest BCUT2D eigenvalue weighted by atomic mass is 10.1. The van der Waals surface area contributed by atoms with Gasteiger partial charge >= 0.3 is 0 Å². The first-order valence-electron chi connectivity index (χ1n) is 10.6. The van der Waals surface area contributed by atoms with E-state index in [1.807, 2.05) is 18.2 Å². The number of piperazine rings is 1. The Morgan fingerprint density at radius 3 is 2.68 bits per heavy atom. The maximum Gasteiger partial charge on any atom is 0.145 e. The molecule has 1 atom stereocenters. The highest BCUT2D eigenvalue weighted by atomic mass is 15.2. The largest absolute Gasteiger partial charge is 0.404 e. The Morgan fingerprint density at radius 2 is 1.94 bits per heavy atom. The lowest BCUT2D eigenvalue weighted by Crippen LogP contribution is -2.44. The molecule has 31 heavy (non-hydrogen) atoms. The molecule has 1 aliphatic rings. The minimum Gasteiger partial charge on any atom is -0.404 e. The molecular formula is C24H29N7. The number of nitrogens with zero attached hydrogens (tertiary/aromatic N) is 4. The molecule has 1 aliphatic heterocycles. The fraction of sp³-hybridized carbons (Fsp3) is 0.292. The van der Waals surface area contributed by atoms with Crippen LogP contribution in [0.3, 0.4) is 0 Å². The molecule has 1 saturated heterocycles. The molecule has 2 aromatic carbocycles. The predicted molar refractivity (Wildman–Crippen MR) is 129 cm³/mol. The summed E-state index contributed by atoms with van der Waals surface area (Å²) >= 11 is 0. The SMILES string of the molecule is C[C@@H](Nc1cnc2cc(/C(C=N)=C/N)ccc2n1)c1cccc(N2CCN(C)CC2)c1. The summed E-state index contributed by atoms with van der Waals surface area (Å²) in [4.78, 5) is 14.1. The molecule has 0 bridgehead atoms. The van der Waals surface area contributed by atoms with E-state index in [0.29, 0.717) is 5.57 Å². The molecule has 7 heteroatoms. The molecule has 0 saturated carbocycles. The van der Waals surface area contributed by atoms with Crippen LogP contribution in [-0.2, 0) is 0 Å². The smallest absolute Gasteiger partial charge is 0.145 e. The van der Waals surface area contributed by atoms with Crippen LogP contribution >= 0.6 is 0 Å². The minimum absolute atomic E-state index is 0.100. The topological polar surface area (TPSA) is 94.2 Å². The Bertz CT molecular complexity index is 1100. The summed E-state index contributed by atoms with van der Waals surface area (Å²) in [6, 6.07) is 14.6. The summed E-state index contributed by atoms with van der Waals surface area (Å²) in [7, 11) is 2.17. The fourth-order valence-electron chi connectivity index (χ4n) is 3.85. The predicted octanol–water partition coefficient (Wildman–Crippen LogP) is 3.50. The molecule has 0 radical (unpaired) electrons. The maximum absolute atomic E-state index is 7.46. The van der Waals surface area contributed by atoms with Crippen LogP contribution in [0.15, 0.2) is 54.9 Å². The second kappa shape index (κ2) is 9.14. The Hall–Kier alpha value is -3.45. The third-order valence-electron chi connectivity index (χ3n) is 5.81. The van der Waals surface area contributed by atoms with Crippen molar-refractivity contribution in [3.63, 3.8) is 0 Å². The first-order valence-corrected chi connectivity index (χ1v) is 10.6. The number of anilines is 2. The average Bonchev–Trinajstić information content (AvgIpc) is 2.80. The van der Waals surface area contributed by atoms with Crippen molar-refractivity contribution < 1.29 is 0 Å². The van der Waals surface area contributed by atoms with E-state index in [1.54, 1.807) is 6.20 Å². The summed E-state index contributed by atoms with van der Waals surface area (Å²) in [5.74, 6) is 0.736. The molecule has 7 nitrogen and oxygen atoms in total. The molecule has 1 aromatic heterocycles. The quantitative estimate of drug-likeness (QED) is 0.534. The van der Waals surface area contributed by atoms with Crippen LogP contribution in [0.4, 0.5) is 11.5 Å². The van der Waals surface area contributed by atoms with Crippen LogP contribution in [-0.4, -0.2) is 54.3 Å². The van der Waals surface area contributed by atoms with Crippen LogP contribution in [0.2, 0.25) is 0 Å². The second-order valence-electron chi connectivity index (χ2n) is 7.98. The first-order chi connectivity index (χ1) is 15.1. The van der Waals surface area contributed by atoms with Crippen molar-refractivity contribution in [3.05, 3.63) is 66.0 Å². The minimum atomic E-state index is 0.100. The third kappa shape index (κ3) is 4.67. The Kier molecular flexibility index (Phi) is 6.13. The van der Waals surface area contributed by atoms with Gasteiger partial charge in [-0.1, -0.05) is 18.2 Å². The summed E-state index contributed by atoms with van der Waals surface area (Å²) in [5.41, 5.74) is 11.2. The molecule has 0 aliphatic carbocycles. The van der Waals surface area contributed by atoms with E-state index in [4.69, 9.17) is 16.1 Å². The number of fused-ring (bicyclic) bond motifs is 1. The number of rotatable bonds is 6. The third-order valence-corrected chi connectivity index (χ3v) is 5.81.